The van der Waals surface area contributed by atoms with Crippen LogP contribution in [0.15, 0.2) is 58.8 Å². The molecular weight excluding hydrogens is 258 g/mol. The summed E-state index contributed by atoms with van der Waals surface area (Å²) in [6.45, 7) is 2.21. The molecule has 0 bridgehead atoms. The summed E-state index contributed by atoms with van der Waals surface area (Å²) in [4.78, 5) is 0. The van der Waals surface area contributed by atoms with Gasteiger partial charge >= 0.3 is 0 Å². The van der Waals surface area contributed by atoms with Crippen LogP contribution in [-0.4, -0.2) is 0 Å². The third-order valence-electron chi connectivity index (χ3n) is 3.28. The number of unbranched alkanes of at least 4 members (excludes halogenated alkanes) is 2. The molecule has 0 saturated heterocycles. The van der Waals surface area contributed by atoms with Crippen LogP contribution in [0.5, 0.6) is 0 Å². The maximum Gasteiger partial charge on any atom is 0.0991 e. The molecule has 2 aromatic rings. The van der Waals surface area contributed by atoms with Crippen LogP contribution in [0.1, 0.15) is 37.3 Å². The first-order valence-corrected chi connectivity index (χ1v) is 7.32. The molecule has 0 aliphatic carbocycles. The SMILES string of the molecule is CCCCCc1ccc(N=Nc2ccc(C#N)cc2)cc1. The molecule has 0 N–H and O–H groups in total. The van der Waals surface area contributed by atoms with E-state index in [1.807, 2.05) is 12.1 Å². The van der Waals surface area contributed by atoms with Gasteiger partial charge in [0, 0.05) is 0 Å². The molecule has 0 fully saturated rings. The Labute approximate surface area is 126 Å². The third kappa shape index (κ3) is 4.85. The van der Waals surface area contributed by atoms with E-state index in [1.165, 1.54) is 24.8 Å². The number of hydrogen-bond acceptors (Lipinski definition) is 3. The first kappa shape index (κ1) is 14.9. The molecule has 0 aromatic heterocycles. The van der Waals surface area contributed by atoms with E-state index in [-0.39, 0.29) is 0 Å². The van der Waals surface area contributed by atoms with E-state index in [0.717, 1.165) is 17.8 Å². The predicted octanol–water partition coefficient (Wildman–Crippen LogP) is 5.71. The average molecular weight is 277 g/mol. The smallest absolute Gasteiger partial charge is 0.0991 e. The molecule has 0 saturated carbocycles. The topological polar surface area (TPSA) is 48.5 Å². The predicted molar refractivity (Wildman–Crippen MR) is 85.0 cm³/mol. The van der Waals surface area contributed by atoms with Crippen molar-refractivity contribution in [1.82, 2.24) is 0 Å². The van der Waals surface area contributed by atoms with Crippen molar-refractivity contribution in [3.8, 4) is 6.07 Å². The summed E-state index contributed by atoms with van der Waals surface area (Å²) in [5.41, 5.74) is 3.57. The minimum absolute atomic E-state index is 0.630. The molecule has 2 rings (SSSR count). The summed E-state index contributed by atoms with van der Waals surface area (Å²) in [5, 5.41) is 17.1. The number of nitriles is 1. The van der Waals surface area contributed by atoms with Crippen molar-refractivity contribution < 1.29 is 0 Å². The summed E-state index contributed by atoms with van der Waals surface area (Å²) in [6.07, 6.45) is 4.89. The second kappa shape index (κ2) is 7.96. The largest absolute Gasteiger partial charge is 0.192 e. The lowest BCUT2D eigenvalue weighted by atomic mass is 10.1. The van der Waals surface area contributed by atoms with Crippen LogP contribution in [0.25, 0.3) is 0 Å². The average Bonchev–Trinajstić information content (AvgIpc) is 2.55. The van der Waals surface area contributed by atoms with Crippen molar-refractivity contribution in [2.45, 2.75) is 32.6 Å². The van der Waals surface area contributed by atoms with Gasteiger partial charge in [0.05, 0.1) is 23.0 Å². The van der Waals surface area contributed by atoms with Crippen LogP contribution in [0, 0.1) is 11.3 Å². The van der Waals surface area contributed by atoms with Crippen LogP contribution in [0.3, 0.4) is 0 Å². The highest BCUT2D eigenvalue weighted by molar-refractivity contribution is 5.44. The van der Waals surface area contributed by atoms with Gasteiger partial charge in [0.25, 0.3) is 0 Å². The fourth-order valence-corrected chi connectivity index (χ4v) is 2.03. The Morgan fingerprint density at radius 1 is 0.857 bits per heavy atom. The lowest BCUT2D eigenvalue weighted by Gasteiger charge is -2.00. The van der Waals surface area contributed by atoms with Crippen LogP contribution in [-0.2, 0) is 6.42 Å². The third-order valence-corrected chi connectivity index (χ3v) is 3.28. The number of rotatable bonds is 6. The molecule has 0 aliphatic heterocycles. The minimum atomic E-state index is 0.630. The van der Waals surface area contributed by atoms with Gasteiger partial charge in [0.2, 0.25) is 0 Å². The normalized spacial score (nSPS) is 10.7. The monoisotopic (exact) mass is 277 g/mol. The Morgan fingerprint density at radius 3 is 1.95 bits per heavy atom. The highest BCUT2D eigenvalue weighted by Gasteiger charge is 1.95. The number of hydrogen-bond donors (Lipinski definition) is 0. The molecule has 106 valence electrons. The van der Waals surface area contributed by atoms with Gasteiger partial charge in [-0.25, -0.2) is 0 Å². The Kier molecular flexibility index (Phi) is 5.66. The van der Waals surface area contributed by atoms with E-state index in [0.29, 0.717) is 5.56 Å². The van der Waals surface area contributed by atoms with Crippen molar-refractivity contribution in [3.63, 3.8) is 0 Å². The van der Waals surface area contributed by atoms with Crippen molar-refractivity contribution in [2.24, 2.45) is 10.2 Å². The second-order valence-corrected chi connectivity index (χ2v) is 4.98. The highest BCUT2D eigenvalue weighted by atomic mass is 15.1. The van der Waals surface area contributed by atoms with E-state index in [1.54, 1.807) is 24.3 Å². The van der Waals surface area contributed by atoms with Gasteiger partial charge in [-0.05, 0) is 54.8 Å². The molecule has 0 heterocycles. The number of aryl methyl sites for hydroxylation is 1. The van der Waals surface area contributed by atoms with Crippen molar-refractivity contribution in [1.29, 1.82) is 5.26 Å². The fourth-order valence-electron chi connectivity index (χ4n) is 2.03. The van der Waals surface area contributed by atoms with E-state index in [4.69, 9.17) is 5.26 Å². The van der Waals surface area contributed by atoms with Gasteiger partial charge in [-0.1, -0.05) is 31.9 Å². The summed E-state index contributed by atoms with van der Waals surface area (Å²) >= 11 is 0. The van der Waals surface area contributed by atoms with Gasteiger partial charge in [-0.15, -0.1) is 0 Å². The molecule has 3 heteroatoms. The molecule has 0 radical (unpaired) electrons. The van der Waals surface area contributed by atoms with Gasteiger partial charge < -0.3 is 0 Å². The zero-order valence-corrected chi connectivity index (χ0v) is 12.3. The molecule has 0 unspecified atom stereocenters. The lowest BCUT2D eigenvalue weighted by Crippen LogP contribution is -1.83. The quantitative estimate of drug-likeness (QED) is 0.493. The van der Waals surface area contributed by atoms with E-state index >= 15 is 0 Å². The second-order valence-electron chi connectivity index (χ2n) is 4.98. The Balaban J connectivity index is 1.95. The molecular formula is C18H19N3. The molecule has 2 aromatic carbocycles. The molecule has 0 atom stereocenters. The summed E-state index contributed by atoms with van der Waals surface area (Å²) in [5.74, 6) is 0. The van der Waals surface area contributed by atoms with Gasteiger partial charge in [0.15, 0.2) is 0 Å². The maximum atomic E-state index is 8.74. The lowest BCUT2D eigenvalue weighted by molar-refractivity contribution is 0.717. The standard InChI is InChI=1S/C18H19N3/c1-2-3-4-5-15-6-10-17(11-7-15)20-21-18-12-8-16(14-19)9-13-18/h6-13H,2-5H2,1H3. The zero-order chi connectivity index (χ0) is 14.9. The number of azo groups is 1. The number of benzene rings is 2. The Morgan fingerprint density at radius 2 is 1.43 bits per heavy atom. The van der Waals surface area contributed by atoms with E-state index in [9.17, 15) is 0 Å². The first-order valence-electron chi connectivity index (χ1n) is 7.32. The summed E-state index contributed by atoms with van der Waals surface area (Å²) in [6, 6.07) is 17.4. The van der Waals surface area contributed by atoms with E-state index < -0.39 is 0 Å². The maximum absolute atomic E-state index is 8.74. The summed E-state index contributed by atoms with van der Waals surface area (Å²) in [7, 11) is 0. The van der Waals surface area contributed by atoms with Crippen LogP contribution in [0.2, 0.25) is 0 Å². The van der Waals surface area contributed by atoms with Crippen molar-refractivity contribution in [2.75, 3.05) is 0 Å². The van der Waals surface area contributed by atoms with Gasteiger partial charge in [0.1, 0.15) is 0 Å². The Bertz CT molecular complexity index is 619. The van der Waals surface area contributed by atoms with Crippen molar-refractivity contribution in [3.05, 3.63) is 59.7 Å². The fraction of sp³-hybridized carbons (Fsp3) is 0.278. The van der Waals surface area contributed by atoms with Crippen LogP contribution >= 0.6 is 0 Å². The molecule has 21 heavy (non-hydrogen) atoms. The Hall–Kier alpha value is -2.47. The van der Waals surface area contributed by atoms with Gasteiger partial charge in [-0.2, -0.15) is 15.5 Å². The molecule has 0 spiro atoms. The van der Waals surface area contributed by atoms with E-state index in [2.05, 4.69) is 35.4 Å². The zero-order valence-electron chi connectivity index (χ0n) is 12.3. The number of nitrogens with zero attached hydrogens (tertiary/aromatic N) is 3. The van der Waals surface area contributed by atoms with Crippen molar-refractivity contribution >= 4 is 11.4 Å². The molecule has 0 amide bonds. The molecule has 0 aliphatic rings. The van der Waals surface area contributed by atoms with Crippen LogP contribution in [0.4, 0.5) is 11.4 Å². The highest BCUT2D eigenvalue weighted by Crippen LogP contribution is 2.19. The van der Waals surface area contributed by atoms with Gasteiger partial charge in [-0.3, -0.25) is 0 Å². The van der Waals surface area contributed by atoms with Crippen LogP contribution < -0.4 is 0 Å². The summed E-state index contributed by atoms with van der Waals surface area (Å²) < 4.78 is 0. The molecule has 3 nitrogen and oxygen atoms in total. The first-order chi connectivity index (χ1) is 10.3. The minimum Gasteiger partial charge on any atom is -0.192 e.